The number of anilines is 1. The quantitative estimate of drug-likeness (QED) is 0.624. The summed E-state index contributed by atoms with van der Waals surface area (Å²) in [6.07, 6.45) is 0.497. The molecule has 0 radical (unpaired) electrons. The zero-order valence-electron chi connectivity index (χ0n) is 10.7. The van der Waals surface area contributed by atoms with E-state index >= 15 is 0 Å². The van der Waals surface area contributed by atoms with Crippen LogP contribution in [0.4, 0.5) is 20.2 Å². The summed E-state index contributed by atoms with van der Waals surface area (Å²) in [5, 5.41) is 13.6. The number of rotatable bonds is 6. The zero-order valence-corrected chi connectivity index (χ0v) is 10.7. The highest BCUT2D eigenvalue weighted by Crippen LogP contribution is 2.48. The Morgan fingerprint density at radius 1 is 1.47 bits per heavy atom. The molecule has 0 atom stereocenters. The molecule has 0 unspecified atom stereocenters. The van der Waals surface area contributed by atoms with E-state index in [4.69, 9.17) is 0 Å². The number of hydrogen-bond donors (Lipinski definition) is 1. The van der Waals surface area contributed by atoms with Crippen molar-refractivity contribution in [1.29, 1.82) is 0 Å². The normalized spacial score (nSPS) is 16.4. The van der Waals surface area contributed by atoms with E-state index in [9.17, 15) is 18.9 Å². The first-order chi connectivity index (χ1) is 8.97. The van der Waals surface area contributed by atoms with Gasteiger partial charge < -0.3 is 5.32 Å². The molecule has 0 bridgehead atoms. The molecule has 1 fully saturated rings. The molecule has 0 spiro atoms. The predicted octanol–water partition coefficient (Wildman–Crippen LogP) is 4.13. The van der Waals surface area contributed by atoms with Gasteiger partial charge >= 0.3 is 0 Å². The minimum atomic E-state index is -2.72. The van der Waals surface area contributed by atoms with Gasteiger partial charge in [0.15, 0.2) is 0 Å². The third-order valence-electron chi connectivity index (χ3n) is 3.84. The highest BCUT2D eigenvalue weighted by molar-refractivity contribution is 5.56. The Bertz CT molecular complexity index is 488. The van der Waals surface area contributed by atoms with Gasteiger partial charge in [-0.3, -0.25) is 10.1 Å². The van der Waals surface area contributed by atoms with Crippen LogP contribution in [0.25, 0.3) is 0 Å². The Balaban J connectivity index is 2.17. The van der Waals surface area contributed by atoms with Gasteiger partial charge in [-0.15, -0.1) is 0 Å². The third kappa shape index (κ3) is 3.00. The largest absolute Gasteiger partial charge is 0.384 e. The molecule has 0 aliphatic heterocycles. The molecule has 0 aromatic heterocycles. The average molecular weight is 270 g/mol. The lowest BCUT2D eigenvalue weighted by Gasteiger charge is -2.16. The maximum absolute atomic E-state index is 12.9. The van der Waals surface area contributed by atoms with E-state index in [0.29, 0.717) is 12.2 Å². The second-order valence-corrected chi connectivity index (χ2v) is 5.04. The van der Waals surface area contributed by atoms with Crippen molar-refractivity contribution in [3.05, 3.63) is 33.9 Å². The molecule has 1 saturated carbocycles. The highest BCUT2D eigenvalue weighted by Gasteiger charge is 2.40. The highest BCUT2D eigenvalue weighted by atomic mass is 19.3. The number of alkyl halides is 2. The molecule has 19 heavy (non-hydrogen) atoms. The van der Waals surface area contributed by atoms with Crippen molar-refractivity contribution in [1.82, 2.24) is 0 Å². The van der Waals surface area contributed by atoms with Crippen LogP contribution >= 0.6 is 0 Å². The molecule has 4 nitrogen and oxygen atoms in total. The number of benzene rings is 1. The van der Waals surface area contributed by atoms with Crippen LogP contribution in [-0.2, 0) is 0 Å². The van der Waals surface area contributed by atoms with Gasteiger partial charge in [0.05, 0.1) is 4.92 Å². The Morgan fingerprint density at radius 3 is 2.63 bits per heavy atom. The molecule has 1 aliphatic rings. The molecule has 1 aromatic carbocycles. The second kappa shape index (κ2) is 5.11. The summed E-state index contributed by atoms with van der Waals surface area (Å²) in [5.41, 5.74) is -0.0971. The monoisotopic (exact) mass is 270 g/mol. The van der Waals surface area contributed by atoms with Crippen molar-refractivity contribution in [3.63, 3.8) is 0 Å². The van der Waals surface area contributed by atoms with E-state index in [1.54, 1.807) is 0 Å². The number of hydrogen-bond acceptors (Lipinski definition) is 3. The van der Waals surface area contributed by atoms with Crippen LogP contribution in [0.3, 0.4) is 0 Å². The predicted molar refractivity (Wildman–Crippen MR) is 68.5 cm³/mol. The van der Waals surface area contributed by atoms with Crippen molar-refractivity contribution in [3.8, 4) is 0 Å². The third-order valence-corrected chi connectivity index (χ3v) is 3.84. The fourth-order valence-corrected chi connectivity index (χ4v) is 2.12. The standard InChI is InChI=1S/C13H16F2N2O2/c1-2-13(5-6-13)8-16-11-4-3-9(17(18)19)7-10(11)12(14)15/h3-4,7,12,16H,2,5-6,8H2,1H3. The van der Waals surface area contributed by atoms with E-state index in [0.717, 1.165) is 25.3 Å². The van der Waals surface area contributed by atoms with E-state index in [-0.39, 0.29) is 16.7 Å². The van der Waals surface area contributed by atoms with E-state index in [1.165, 1.54) is 12.1 Å². The molecule has 0 amide bonds. The molecular weight excluding hydrogens is 254 g/mol. The summed E-state index contributed by atoms with van der Waals surface area (Å²) in [5.74, 6) is 0. The number of nitrogens with one attached hydrogen (secondary N) is 1. The lowest BCUT2D eigenvalue weighted by atomic mass is 10.0. The SMILES string of the molecule is CCC1(CNc2ccc([N+](=O)[O-])cc2C(F)F)CC1. The summed E-state index contributed by atoms with van der Waals surface area (Å²) < 4.78 is 25.9. The number of nitrogens with zero attached hydrogens (tertiary/aromatic N) is 1. The molecular formula is C13H16F2N2O2. The summed E-state index contributed by atoms with van der Waals surface area (Å²) in [6, 6.07) is 3.56. The summed E-state index contributed by atoms with van der Waals surface area (Å²) >= 11 is 0. The van der Waals surface area contributed by atoms with Crippen LogP contribution in [0.5, 0.6) is 0 Å². The van der Waals surface area contributed by atoms with Gasteiger partial charge in [0.2, 0.25) is 0 Å². The zero-order chi connectivity index (χ0) is 14.0. The van der Waals surface area contributed by atoms with Crippen molar-refractivity contribution in [2.75, 3.05) is 11.9 Å². The minimum absolute atomic E-state index is 0.223. The molecule has 104 valence electrons. The maximum Gasteiger partial charge on any atom is 0.270 e. The molecule has 0 saturated heterocycles. The van der Waals surface area contributed by atoms with Crippen molar-refractivity contribution in [2.45, 2.75) is 32.6 Å². The van der Waals surface area contributed by atoms with Crippen LogP contribution < -0.4 is 5.32 Å². The molecule has 0 heterocycles. The lowest BCUT2D eigenvalue weighted by Crippen LogP contribution is -2.15. The van der Waals surface area contributed by atoms with Gasteiger partial charge in [0.1, 0.15) is 0 Å². The number of non-ortho nitro benzene ring substituents is 1. The van der Waals surface area contributed by atoms with E-state index in [2.05, 4.69) is 12.2 Å². The summed E-state index contributed by atoms with van der Waals surface area (Å²) in [4.78, 5) is 9.94. The first-order valence-corrected chi connectivity index (χ1v) is 6.28. The van der Waals surface area contributed by atoms with E-state index < -0.39 is 11.3 Å². The summed E-state index contributed by atoms with van der Waals surface area (Å²) in [7, 11) is 0. The molecule has 1 N–H and O–H groups in total. The molecule has 2 rings (SSSR count). The number of nitro groups is 1. The van der Waals surface area contributed by atoms with Crippen molar-refractivity contribution >= 4 is 11.4 Å². The summed E-state index contributed by atoms with van der Waals surface area (Å²) in [6.45, 7) is 2.72. The van der Waals surface area contributed by atoms with Gasteiger partial charge in [0.25, 0.3) is 12.1 Å². The molecule has 1 aromatic rings. The number of nitro benzene ring substituents is 1. The Morgan fingerprint density at radius 2 is 2.16 bits per heavy atom. The van der Waals surface area contributed by atoms with Crippen molar-refractivity contribution in [2.24, 2.45) is 5.41 Å². The maximum atomic E-state index is 12.9. The molecule has 1 aliphatic carbocycles. The smallest absolute Gasteiger partial charge is 0.270 e. The number of halogens is 2. The van der Waals surface area contributed by atoms with Gasteiger partial charge in [-0.1, -0.05) is 6.92 Å². The molecule has 6 heteroatoms. The Hall–Kier alpha value is -1.72. The minimum Gasteiger partial charge on any atom is -0.384 e. The van der Waals surface area contributed by atoms with Gasteiger partial charge in [-0.05, 0) is 30.7 Å². The van der Waals surface area contributed by atoms with E-state index in [1.807, 2.05) is 0 Å². The lowest BCUT2D eigenvalue weighted by molar-refractivity contribution is -0.385. The van der Waals surface area contributed by atoms with Gasteiger partial charge in [-0.25, -0.2) is 8.78 Å². The van der Waals surface area contributed by atoms with Gasteiger partial charge in [-0.2, -0.15) is 0 Å². The van der Waals surface area contributed by atoms with Crippen molar-refractivity contribution < 1.29 is 13.7 Å². The Labute approximate surface area is 110 Å². The van der Waals surface area contributed by atoms with Crippen LogP contribution in [0.2, 0.25) is 0 Å². The van der Waals surface area contributed by atoms with Crippen LogP contribution in [0.15, 0.2) is 18.2 Å². The second-order valence-electron chi connectivity index (χ2n) is 5.04. The van der Waals surface area contributed by atoms with Crippen LogP contribution in [0, 0.1) is 15.5 Å². The first-order valence-electron chi connectivity index (χ1n) is 6.28. The van der Waals surface area contributed by atoms with Crippen LogP contribution in [0.1, 0.15) is 38.2 Å². The average Bonchev–Trinajstić information content (AvgIpc) is 3.16. The fraction of sp³-hybridized carbons (Fsp3) is 0.538. The Kier molecular flexibility index (Phi) is 3.68. The van der Waals surface area contributed by atoms with Crippen LogP contribution in [-0.4, -0.2) is 11.5 Å². The first kappa shape index (κ1) is 13.7. The van der Waals surface area contributed by atoms with Gasteiger partial charge in [0, 0.05) is 29.9 Å². The topological polar surface area (TPSA) is 55.2 Å². The fourth-order valence-electron chi connectivity index (χ4n) is 2.12.